The third-order valence-electron chi connectivity index (χ3n) is 5.52. The summed E-state index contributed by atoms with van der Waals surface area (Å²) in [5.41, 5.74) is 2.70. The van der Waals surface area contributed by atoms with E-state index in [-0.39, 0.29) is 23.5 Å². The highest BCUT2D eigenvalue weighted by Crippen LogP contribution is 2.40. The maximum absolute atomic E-state index is 12.6. The van der Waals surface area contributed by atoms with Crippen molar-refractivity contribution in [1.82, 2.24) is 25.3 Å². The molecule has 0 saturated carbocycles. The first-order chi connectivity index (χ1) is 13.5. The number of fused-ring (bicyclic) bond motifs is 1. The first-order valence-corrected chi connectivity index (χ1v) is 10.0. The number of ether oxygens (including phenoxy) is 1. The lowest BCUT2D eigenvalue weighted by Crippen LogP contribution is -2.37. The highest BCUT2D eigenvalue weighted by molar-refractivity contribution is 5.76. The van der Waals surface area contributed by atoms with E-state index in [1.54, 1.807) is 18.6 Å². The molecular weight excluding hydrogens is 354 g/mol. The number of nitrogens with one attached hydrogen (secondary N) is 1. The van der Waals surface area contributed by atoms with Crippen LogP contribution in [0.3, 0.4) is 0 Å². The molecule has 0 aromatic carbocycles. The second-order valence-electron chi connectivity index (χ2n) is 8.53. The molecule has 28 heavy (non-hydrogen) atoms. The van der Waals surface area contributed by atoms with Gasteiger partial charge in [-0.2, -0.15) is 0 Å². The van der Waals surface area contributed by atoms with Crippen molar-refractivity contribution >= 4 is 5.91 Å². The Morgan fingerprint density at radius 2 is 2.18 bits per heavy atom. The van der Waals surface area contributed by atoms with E-state index in [1.807, 2.05) is 6.20 Å². The summed E-state index contributed by atoms with van der Waals surface area (Å²) in [6.45, 7) is 5.25. The number of aromatic nitrogens is 4. The molecule has 7 nitrogen and oxygen atoms in total. The molecule has 7 heteroatoms. The van der Waals surface area contributed by atoms with Gasteiger partial charge in [-0.15, -0.1) is 0 Å². The van der Waals surface area contributed by atoms with Crippen molar-refractivity contribution in [1.29, 1.82) is 0 Å². The number of amides is 1. The molecular formula is C21H27N5O2. The Hall–Kier alpha value is -2.41. The van der Waals surface area contributed by atoms with E-state index in [0.717, 1.165) is 50.0 Å². The number of rotatable bonds is 5. The summed E-state index contributed by atoms with van der Waals surface area (Å²) < 4.78 is 5.63. The molecule has 4 rings (SSSR count). The number of carbonyl (C=O) groups excluding carboxylic acids is 1. The smallest absolute Gasteiger partial charge is 0.220 e. The van der Waals surface area contributed by atoms with Crippen LogP contribution in [0.1, 0.15) is 63.3 Å². The van der Waals surface area contributed by atoms with Crippen LogP contribution in [0.2, 0.25) is 0 Å². The Bertz CT molecular complexity index is 834. The Balaban J connectivity index is 1.50. The van der Waals surface area contributed by atoms with Gasteiger partial charge in [-0.1, -0.05) is 13.8 Å². The molecule has 1 aliphatic heterocycles. The van der Waals surface area contributed by atoms with Crippen molar-refractivity contribution in [3.05, 3.63) is 36.0 Å². The maximum Gasteiger partial charge on any atom is 0.220 e. The quantitative estimate of drug-likeness (QED) is 0.856. The molecule has 3 heterocycles. The summed E-state index contributed by atoms with van der Waals surface area (Å²) >= 11 is 0. The Morgan fingerprint density at radius 1 is 1.29 bits per heavy atom. The molecule has 1 fully saturated rings. The minimum Gasteiger partial charge on any atom is -0.378 e. The molecule has 2 aliphatic rings. The van der Waals surface area contributed by atoms with Crippen LogP contribution in [-0.4, -0.2) is 38.6 Å². The lowest BCUT2D eigenvalue weighted by atomic mass is 9.74. The lowest BCUT2D eigenvalue weighted by Gasteiger charge is -2.36. The fourth-order valence-corrected chi connectivity index (χ4v) is 4.14. The third-order valence-corrected chi connectivity index (χ3v) is 5.52. The van der Waals surface area contributed by atoms with E-state index >= 15 is 0 Å². The van der Waals surface area contributed by atoms with Crippen LogP contribution in [0.25, 0.3) is 11.5 Å². The molecule has 2 aromatic heterocycles. The summed E-state index contributed by atoms with van der Waals surface area (Å²) in [5.74, 6) is 0.648. The molecule has 0 unspecified atom stereocenters. The minimum absolute atomic E-state index is 0.0491. The van der Waals surface area contributed by atoms with Crippen molar-refractivity contribution in [2.75, 3.05) is 6.61 Å². The van der Waals surface area contributed by atoms with Gasteiger partial charge in [-0.3, -0.25) is 9.78 Å². The zero-order valence-electron chi connectivity index (χ0n) is 16.5. The van der Waals surface area contributed by atoms with Gasteiger partial charge < -0.3 is 10.1 Å². The fraction of sp³-hybridized carbons (Fsp3) is 0.571. The normalized spacial score (nSPS) is 23.2. The number of hydrogen-bond acceptors (Lipinski definition) is 6. The molecule has 1 amide bonds. The maximum atomic E-state index is 12.6. The molecule has 0 bridgehead atoms. The zero-order chi connectivity index (χ0) is 19.6. The van der Waals surface area contributed by atoms with E-state index in [1.165, 1.54) is 0 Å². The fourth-order valence-electron chi connectivity index (χ4n) is 4.14. The standard InChI is InChI=1S/C21H27N5O2/c1-21(2)10-16(25-19(27)6-5-14-4-3-9-28-14)15-12-24-20(26-17(15)11-21)18-13-22-7-8-23-18/h7-8,12-14,16H,3-6,9-11H2,1-2H3,(H,25,27)/t14-,16+/m1/s1. The Kier molecular flexibility index (Phi) is 5.35. The number of hydrogen-bond donors (Lipinski definition) is 1. The van der Waals surface area contributed by atoms with E-state index in [4.69, 9.17) is 9.72 Å². The summed E-state index contributed by atoms with van der Waals surface area (Å²) in [4.78, 5) is 30.2. The second-order valence-corrected chi connectivity index (χ2v) is 8.53. The van der Waals surface area contributed by atoms with Crippen molar-refractivity contribution in [2.45, 2.75) is 64.5 Å². The summed E-state index contributed by atoms with van der Waals surface area (Å²) in [6, 6.07) is -0.0633. The average molecular weight is 381 g/mol. The SMILES string of the molecule is CC1(C)Cc2nc(-c3cnccn3)ncc2[C@@H](NC(=O)CC[C@H]2CCCO2)C1. The predicted octanol–water partition coefficient (Wildman–Crippen LogP) is 3.02. The predicted molar refractivity (Wildman–Crippen MR) is 104 cm³/mol. The minimum atomic E-state index is -0.0633. The van der Waals surface area contributed by atoms with E-state index < -0.39 is 0 Å². The van der Waals surface area contributed by atoms with Crippen molar-refractivity contribution in [3.8, 4) is 11.5 Å². The van der Waals surface area contributed by atoms with Gasteiger partial charge in [0.1, 0.15) is 5.69 Å². The number of nitrogens with zero attached hydrogens (tertiary/aromatic N) is 4. The van der Waals surface area contributed by atoms with Crippen LogP contribution in [-0.2, 0) is 16.0 Å². The van der Waals surface area contributed by atoms with Crippen molar-refractivity contribution < 1.29 is 9.53 Å². The van der Waals surface area contributed by atoms with E-state index in [0.29, 0.717) is 17.9 Å². The monoisotopic (exact) mass is 381 g/mol. The van der Waals surface area contributed by atoms with Crippen molar-refractivity contribution in [3.63, 3.8) is 0 Å². The van der Waals surface area contributed by atoms with E-state index in [9.17, 15) is 4.79 Å². The molecule has 148 valence electrons. The van der Waals surface area contributed by atoms with Crippen LogP contribution in [0.5, 0.6) is 0 Å². The van der Waals surface area contributed by atoms with Crippen LogP contribution in [0.15, 0.2) is 24.8 Å². The highest BCUT2D eigenvalue weighted by Gasteiger charge is 2.34. The van der Waals surface area contributed by atoms with Crippen LogP contribution in [0.4, 0.5) is 0 Å². The van der Waals surface area contributed by atoms with Gasteiger partial charge in [0.25, 0.3) is 0 Å². The topological polar surface area (TPSA) is 89.9 Å². The Labute approximate surface area is 165 Å². The average Bonchev–Trinajstić information content (AvgIpc) is 3.19. The molecule has 2 aromatic rings. The molecule has 1 N–H and O–H groups in total. The highest BCUT2D eigenvalue weighted by atomic mass is 16.5. The van der Waals surface area contributed by atoms with Gasteiger partial charge in [0.15, 0.2) is 5.82 Å². The third kappa shape index (κ3) is 4.35. The van der Waals surface area contributed by atoms with Gasteiger partial charge >= 0.3 is 0 Å². The van der Waals surface area contributed by atoms with Gasteiger partial charge in [0, 0.05) is 37.2 Å². The largest absolute Gasteiger partial charge is 0.378 e. The van der Waals surface area contributed by atoms with Crippen LogP contribution < -0.4 is 5.32 Å². The molecule has 1 saturated heterocycles. The van der Waals surface area contributed by atoms with Gasteiger partial charge in [-0.25, -0.2) is 15.0 Å². The first kappa shape index (κ1) is 18.9. The summed E-state index contributed by atoms with van der Waals surface area (Å²) in [5, 5.41) is 3.21. The van der Waals surface area contributed by atoms with Crippen LogP contribution >= 0.6 is 0 Å². The molecule has 0 radical (unpaired) electrons. The molecule has 2 atom stereocenters. The summed E-state index contributed by atoms with van der Waals surface area (Å²) in [6.07, 6.45) is 12.2. The van der Waals surface area contributed by atoms with Crippen LogP contribution in [0, 0.1) is 5.41 Å². The van der Waals surface area contributed by atoms with Gasteiger partial charge in [0.2, 0.25) is 5.91 Å². The second kappa shape index (κ2) is 7.91. The molecule has 1 aliphatic carbocycles. The summed E-state index contributed by atoms with van der Waals surface area (Å²) in [7, 11) is 0. The van der Waals surface area contributed by atoms with Gasteiger partial charge in [-0.05, 0) is 37.5 Å². The van der Waals surface area contributed by atoms with Crippen molar-refractivity contribution in [2.24, 2.45) is 5.41 Å². The lowest BCUT2D eigenvalue weighted by molar-refractivity contribution is -0.122. The first-order valence-electron chi connectivity index (χ1n) is 10.0. The number of carbonyl (C=O) groups is 1. The van der Waals surface area contributed by atoms with Gasteiger partial charge in [0.05, 0.1) is 24.0 Å². The molecule has 0 spiro atoms. The zero-order valence-corrected chi connectivity index (χ0v) is 16.5. The Morgan fingerprint density at radius 3 is 2.93 bits per heavy atom. The van der Waals surface area contributed by atoms with E-state index in [2.05, 4.69) is 34.1 Å².